The Kier molecular flexibility index (Phi) is 7.14. The number of furan rings is 1. The number of anilines is 6. The molecule has 0 bridgehead atoms. The van der Waals surface area contributed by atoms with Gasteiger partial charge >= 0.3 is 0 Å². The van der Waals surface area contributed by atoms with Gasteiger partial charge in [0.2, 0.25) is 0 Å². The van der Waals surface area contributed by atoms with Crippen molar-refractivity contribution in [2.45, 2.75) is 0 Å². The molecule has 0 saturated carbocycles. The number of benzene rings is 8. The van der Waals surface area contributed by atoms with Crippen molar-refractivity contribution in [3.8, 4) is 0 Å². The highest BCUT2D eigenvalue weighted by Gasteiger charge is 2.23. The summed E-state index contributed by atoms with van der Waals surface area (Å²) in [5, 5.41) is 7.43. The van der Waals surface area contributed by atoms with Crippen molar-refractivity contribution < 1.29 is 4.42 Å². The van der Waals surface area contributed by atoms with E-state index in [1.54, 1.807) is 0 Å². The van der Waals surface area contributed by atoms with E-state index in [1.807, 2.05) is 34.0 Å². The first kappa shape index (κ1) is 31.9. The van der Waals surface area contributed by atoms with Gasteiger partial charge in [-0.1, -0.05) is 97.1 Å². The molecule has 0 unspecified atom stereocenters. The van der Waals surface area contributed by atoms with Gasteiger partial charge in [0.1, 0.15) is 5.58 Å². The number of nitrogens with zero attached hydrogens (tertiary/aromatic N) is 2. The van der Waals surface area contributed by atoms with E-state index >= 15 is 0 Å². The third-order valence-electron chi connectivity index (χ3n) is 10.8. The average molecular weight is 771 g/mol. The maximum absolute atomic E-state index is 6.84. The van der Waals surface area contributed by atoms with E-state index in [0.29, 0.717) is 0 Å². The van der Waals surface area contributed by atoms with E-state index in [-0.39, 0.29) is 0 Å². The third kappa shape index (κ3) is 4.87. The first-order valence-corrected chi connectivity index (χ1v) is 21.1. The molecule has 8 aromatic carbocycles. The van der Waals surface area contributed by atoms with Crippen molar-refractivity contribution in [1.29, 1.82) is 0 Å². The van der Waals surface area contributed by atoms with Crippen LogP contribution in [0.15, 0.2) is 186 Å². The minimum Gasteiger partial charge on any atom is -0.454 e. The number of hydrogen-bond acceptors (Lipinski definition) is 6. The van der Waals surface area contributed by atoms with Crippen LogP contribution in [0.3, 0.4) is 0 Å². The Hall–Kier alpha value is -6.44. The summed E-state index contributed by atoms with van der Waals surface area (Å²) in [5.74, 6) is 0. The molecule has 6 heteroatoms. The fourth-order valence-electron chi connectivity index (χ4n) is 8.34. The van der Waals surface area contributed by atoms with E-state index in [4.69, 9.17) is 4.42 Å². The second-order valence-corrected chi connectivity index (χ2v) is 17.2. The zero-order chi connectivity index (χ0) is 36.7. The molecule has 0 aliphatic rings. The summed E-state index contributed by atoms with van der Waals surface area (Å²) < 4.78 is 14.4. The van der Waals surface area contributed by atoms with Gasteiger partial charge < -0.3 is 14.2 Å². The summed E-state index contributed by atoms with van der Waals surface area (Å²) in [6, 6.07) is 65.6. The molecule has 4 heterocycles. The smallest absolute Gasteiger partial charge is 0.154 e. The van der Waals surface area contributed by atoms with Gasteiger partial charge in [0.05, 0.1) is 25.5 Å². The molecule has 56 heavy (non-hydrogen) atoms. The quantitative estimate of drug-likeness (QED) is 0.168. The molecular weight excluding hydrogens is 741 g/mol. The maximum atomic E-state index is 6.84. The minimum atomic E-state index is 0.890. The molecule has 0 atom stereocenters. The number of rotatable bonds is 6. The first-order valence-electron chi connectivity index (χ1n) is 18.7. The lowest BCUT2D eigenvalue weighted by Gasteiger charge is -2.26. The highest BCUT2D eigenvalue weighted by atomic mass is 32.1. The lowest BCUT2D eigenvalue weighted by atomic mass is 10.1. The number of thiophene rings is 3. The molecule has 0 saturated heterocycles. The van der Waals surface area contributed by atoms with Crippen LogP contribution in [0.5, 0.6) is 0 Å². The molecule has 3 nitrogen and oxygen atoms in total. The summed E-state index contributed by atoms with van der Waals surface area (Å²) in [6.45, 7) is 0. The van der Waals surface area contributed by atoms with Gasteiger partial charge in [0, 0.05) is 75.2 Å². The van der Waals surface area contributed by atoms with Crippen LogP contribution in [-0.4, -0.2) is 0 Å². The SMILES string of the molecule is c1ccc(N(c2ccc3c(c2)oc2c4ccc(N(c5ccccc5)c5cccc6c5sc5ccccc56)cc4sc32)c2cccc3c2sc2ccccc23)cc1. The normalized spacial score (nSPS) is 11.9. The van der Waals surface area contributed by atoms with Crippen molar-refractivity contribution in [2.75, 3.05) is 9.80 Å². The van der Waals surface area contributed by atoms with Crippen molar-refractivity contribution >= 4 is 140 Å². The fraction of sp³-hybridized carbons (Fsp3) is 0. The molecule has 0 amide bonds. The fourth-order valence-corrected chi connectivity index (χ4v) is 11.9. The van der Waals surface area contributed by atoms with Crippen LogP contribution in [0, 0.1) is 0 Å². The zero-order valence-corrected chi connectivity index (χ0v) is 32.3. The van der Waals surface area contributed by atoms with Gasteiger partial charge in [-0.2, -0.15) is 0 Å². The summed E-state index contributed by atoms with van der Waals surface area (Å²) in [7, 11) is 0. The van der Waals surface area contributed by atoms with Crippen molar-refractivity contribution in [2.24, 2.45) is 0 Å². The van der Waals surface area contributed by atoms with Crippen molar-refractivity contribution in [3.63, 3.8) is 0 Å². The highest BCUT2D eigenvalue weighted by molar-refractivity contribution is 7.27. The topological polar surface area (TPSA) is 19.6 Å². The Morgan fingerprint density at radius 2 is 0.804 bits per heavy atom. The number of hydrogen-bond donors (Lipinski definition) is 0. The predicted octanol–water partition coefficient (Wildman–Crippen LogP) is 16.5. The molecule has 0 aliphatic heterocycles. The molecule has 0 aliphatic carbocycles. The molecule has 0 radical (unpaired) electrons. The second-order valence-electron chi connectivity index (χ2n) is 14.1. The lowest BCUT2D eigenvalue weighted by Crippen LogP contribution is -2.09. The van der Waals surface area contributed by atoms with Crippen LogP contribution in [0.4, 0.5) is 34.1 Å². The van der Waals surface area contributed by atoms with Gasteiger partial charge in [-0.3, -0.25) is 0 Å². The van der Waals surface area contributed by atoms with Gasteiger partial charge in [-0.25, -0.2) is 0 Å². The monoisotopic (exact) mass is 770 g/mol. The second kappa shape index (κ2) is 12.5. The molecule has 12 aromatic rings. The molecule has 0 N–H and O–H groups in total. The molecule has 12 rings (SSSR count). The van der Waals surface area contributed by atoms with Crippen LogP contribution in [0.25, 0.3) is 71.7 Å². The van der Waals surface area contributed by atoms with Crippen LogP contribution in [-0.2, 0) is 0 Å². The zero-order valence-electron chi connectivity index (χ0n) is 29.8. The number of fused-ring (bicyclic) bond motifs is 11. The summed E-state index contributed by atoms with van der Waals surface area (Å²) in [6.07, 6.45) is 0. The van der Waals surface area contributed by atoms with Gasteiger partial charge in [0.15, 0.2) is 5.58 Å². The van der Waals surface area contributed by atoms with Crippen molar-refractivity contribution in [1.82, 2.24) is 0 Å². The Balaban J connectivity index is 0.997. The van der Waals surface area contributed by atoms with Crippen LogP contribution < -0.4 is 9.80 Å². The summed E-state index contributed by atoms with van der Waals surface area (Å²) in [4.78, 5) is 4.77. The Morgan fingerprint density at radius 1 is 0.321 bits per heavy atom. The van der Waals surface area contributed by atoms with Gasteiger partial charge in [-0.15, -0.1) is 34.0 Å². The van der Waals surface area contributed by atoms with E-state index < -0.39 is 0 Å². The molecule has 0 fully saturated rings. The highest BCUT2D eigenvalue weighted by Crippen LogP contribution is 2.49. The van der Waals surface area contributed by atoms with Gasteiger partial charge in [-0.05, 0) is 78.9 Å². The van der Waals surface area contributed by atoms with Crippen LogP contribution >= 0.6 is 34.0 Å². The molecular formula is C50H30N2OS3. The Labute approximate surface area is 334 Å². The Bertz CT molecular complexity index is 3220. The molecule has 0 spiro atoms. The van der Waals surface area contributed by atoms with Crippen LogP contribution in [0.2, 0.25) is 0 Å². The maximum Gasteiger partial charge on any atom is 0.154 e. The largest absolute Gasteiger partial charge is 0.454 e. The van der Waals surface area contributed by atoms with E-state index in [0.717, 1.165) is 50.4 Å². The average Bonchev–Trinajstić information content (AvgIpc) is 4.01. The summed E-state index contributed by atoms with van der Waals surface area (Å²) >= 11 is 5.52. The molecule has 264 valence electrons. The van der Waals surface area contributed by atoms with E-state index in [2.05, 4.69) is 192 Å². The van der Waals surface area contributed by atoms with Crippen LogP contribution in [0.1, 0.15) is 0 Å². The minimum absolute atomic E-state index is 0.890. The standard InChI is InChI=1S/C50H30N2OS3/c1-3-13-31(14-4-1)51(41-21-11-19-37-35-17-7-9-23-44(35)54-48(37)41)33-25-27-39-43(29-33)53-47-40-28-26-34(30-46(40)56-50(39)47)52(32-15-5-2-6-16-32)42-22-12-20-38-36-18-8-10-24-45(36)55-49(38)42/h1-30H. The first-order chi connectivity index (χ1) is 27.8. The van der Waals surface area contributed by atoms with E-state index in [9.17, 15) is 0 Å². The van der Waals surface area contributed by atoms with E-state index in [1.165, 1.54) is 55.4 Å². The Morgan fingerprint density at radius 3 is 1.39 bits per heavy atom. The lowest BCUT2D eigenvalue weighted by molar-refractivity contribution is 0.673. The summed E-state index contributed by atoms with van der Waals surface area (Å²) in [5.41, 5.74) is 8.60. The predicted molar refractivity (Wildman–Crippen MR) is 244 cm³/mol. The molecule has 4 aromatic heterocycles. The van der Waals surface area contributed by atoms with Gasteiger partial charge in [0.25, 0.3) is 0 Å². The number of para-hydroxylation sites is 2. The van der Waals surface area contributed by atoms with Crippen molar-refractivity contribution in [3.05, 3.63) is 182 Å². The third-order valence-corrected chi connectivity index (χ3v) is 14.4.